The van der Waals surface area contributed by atoms with Gasteiger partial charge in [0.15, 0.2) is 0 Å². The molecule has 2 aromatic carbocycles. The zero-order chi connectivity index (χ0) is 22.5. The van der Waals surface area contributed by atoms with Gasteiger partial charge in [0.2, 0.25) is 0 Å². The van der Waals surface area contributed by atoms with E-state index in [1.807, 2.05) is 54.6 Å². The Bertz CT molecular complexity index is 1250. The molecule has 3 heterocycles. The number of piperidine rings is 1. The first-order valence-electron chi connectivity index (χ1n) is 11.7. The summed E-state index contributed by atoms with van der Waals surface area (Å²) in [5.74, 6) is -0.0986. The number of para-hydroxylation sites is 1. The van der Waals surface area contributed by atoms with Crippen LogP contribution in [0.15, 0.2) is 79.0 Å². The molecule has 1 aliphatic rings. The summed E-state index contributed by atoms with van der Waals surface area (Å²) in [4.78, 5) is 25.0. The SMILES string of the molecule is O=C(NCc1ccccc1CN1CCCCC1)c1cc(-c2ccccn2)nc2ccccc12. The van der Waals surface area contributed by atoms with Crippen LogP contribution in [0.5, 0.6) is 0 Å². The van der Waals surface area contributed by atoms with Crippen molar-refractivity contribution in [2.45, 2.75) is 32.4 Å². The average molecular weight is 437 g/mol. The molecule has 0 aliphatic carbocycles. The third-order valence-electron chi connectivity index (χ3n) is 6.29. The van der Waals surface area contributed by atoms with Crippen LogP contribution in [0.2, 0.25) is 0 Å². The van der Waals surface area contributed by atoms with Gasteiger partial charge in [-0.3, -0.25) is 14.7 Å². The van der Waals surface area contributed by atoms with Crippen LogP contribution in [-0.2, 0) is 13.1 Å². The summed E-state index contributed by atoms with van der Waals surface area (Å²) < 4.78 is 0. The Balaban J connectivity index is 1.39. The standard InChI is InChI=1S/C28H28N4O/c33-28(30-19-21-10-2-3-11-22(21)20-32-16-8-1-9-17-32)24-18-27(26-14-6-7-15-29-26)31-25-13-5-4-12-23(24)25/h2-7,10-15,18H,1,8-9,16-17,19-20H2,(H,30,33). The topological polar surface area (TPSA) is 58.1 Å². The lowest BCUT2D eigenvalue weighted by Gasteiger charge is -2.27. The summed E-state index contributed by atoms with van der Waals surface area (Å²) in [6, 6.07) is 23.7. The highest BCUT2D eigenvalue weighted by molar-refractivity contribution is 6.07. The number of pyridine rings is 2. The number of hydrogen-bond donors (Lipinski definition) is 1. The number of fused-ring (bicyclic) bond motifs is 1. The van der Waals surface area contributed by atoms with Crippen LogP contribution in [0.1, 0.15) is 40.7 Å². The molecule has 166 valence electrons. The molecular formula is C28H28N4O. The van der Waals surface area contributed by atoms with Crippen LogP contribution in [0.3, 0.4) is 0 Å². The van der Waals surface area contributed by atoms with E-state index >= 15 is 0 Å². The summed E-state index contributed by atoms with van der Waals surface area (Å²) in [5, 5.41) is 4.00. The van der Waals surface area contributed by atoms with E-state index in [0.29, 0.717) is 17.8 Å². The van der Waals surface area contributed by atoms with Gasteiger partial charge in [-0.15, -0.1) is 0 Å². The second-order valence-corrected chi connectivity index (χ2v) is 8.58. The van der Waals surface area contributed by atoms with Gasteiger partial charge in [0.25, 0.3) is 5.91 Å². The molecule has 2 aromatic heterocycles. The van der Waals surface area contributed by atoms with Crippen LogP contribution in [0, 0.1) is 0 Å². The molecule has 33 heavy (non-hydrogen) atoms. The summed E-state index contributed by atoms with van der Waals surface area (Å²) in [6.45, 7) is 3.74. The largest absolute Gasteiger partial charge is 0.348 e. The highest BCUT2D eigenvalue weighted by atomic mass is 16.1. The molecule has 0 atom stereocenters. The predicted molar refractivity (Wildman–Crippen MR) is 132 cm³/mol. The van der Waals surface area contributed by atoms with Crippen molar-refractivity contribution in [3.05, 3.63) is 95.7 Å². The van der Waals surface area contributed by atoms with E-state index in [-0.39, 0.29) is 5.91 Å². The van der Waals surface area contributed by atoms with Gasteiger partial charge in [0, 0.05) is 24.7 Å². The molecule has 1 N–H and O–H groups in total. The Morgan fingerprint density at radius 1 is 0.848 bits per heavy atom. The fourth-order valence-electron chi connectivity index (χ4n) is 4.52. The highest BCUT2D eigenvalue weighted by Gasteiger charge is 2.16. The molecule has 0 unspecified atom stereocenters. The maximum absolute atomic E-state index is 13.3. The van der Waals surface area contributed by atoms with Crippen LogP contribution in [0.4, 0.5) is 0 Å². The Morgan fingerprint density at radius 2 is 1.61 bits per heavy atom. The number of aromatic nitrogens is 2. The summed E-state index contributed by atoms with van der Waals surface area (Å²) in [7, 11) is 0. The van der Waals surface area contributed by atoms with Crippen molar-refractivity contribution in [1.29, 1.82) is 0 Å². The number of hydrogen-bond acceptors (Lipinski definition) is 4. The van der Waals surface area contributed by atoms with Crippen molar-refractivity contribution < 1.29 is 4.79 Å². The quantitative estimate of drug-likeness (QED) is 0.451. The van der Waals surface area contributed by atoms with Gasteiger partial charge < -0.3 is 5.32 Å². The number of rotatable bonds is 6. The van der Waals surface area contributed by atoms with E-state index in [2.05, 4.69) is 33.4 Å². The fraction of sp³-hybridized carbons (Fsp3) is 0.250. The first-order valence-corrected chi connectivity index (χ1v) is 11.7. The monoisotopic (exact) mass is 436 g/mol. The maximum Gasteiger partial charge on any atom is 0.252 e. The van der Waals surface area contributed by atoms with Gasteiger partial charge in [-0.25, -0.2) is 4.98 Å². The zero-order valence-electron chi connectivity index (χ0n) is 18.7. The van der Waals surface area contributed by atoms with Crippen molar-refractivity contribution in [1.82, 2.24) is 20.2 Å². The second-order valence-electron chi connectivity index (χ2n) is 8.58. The van der Waals surface area contributed by atoms with E-state index in [4.69, 9.17) is 4.98 Å². The Labute approximate surface area is 194 Å². The summed E-state index contributed by atoms with van der Waals surface area (Å²) >= 11 is 0. The Morgan fingerprint density at radius 3 is 2.42 bits per heavy atom. The minimum absolute atomic E-state index is 0.0986. The predicted octanol–water partition coefficient (Wildman–Crippen LogP) is 5.21. The number of likely N-dealkylation sites (tertiary alicyclic amines) is 1. The van der Waals surface area contributed by atoms with E-state index in [0.717, 1.165) is 36.2 Å². The number of benzene rings is 2. The molecule has 5 rings (SSSR count). The van der Waals surface area contributed by atoms with E-state index in [1.54, 1.807) is 6.20 Å². The van der Waals surface area contributed by atoms with Gasteiger partial charge in [-0.05, 0) is 61.3 Å². The lowest BCUT2D eigenvalue weighted by molar-refractivity contribution is 0.0952. The molecule has 4 aromatic rings. The molecule has 5 heteroatoms. The number of amides is 1. The molecule has 0 radical (unpaired) electrons. The lowest BCUT2D eigenvalue weighted by atomic mass is 10.0. The van der Waals surface area contributed by atoms with Crippen LogP contribution >= 0.6 is 0 Å². The highest BCUT2D eigenvalue weighted by Crippen LogP contribution is 2.24. The molecule has 1 fully saturated rings. The van der Waals surface area contributed by atoms with Crippen molar-refractivity contribution in [2.75, 3.05) is 13.1 Å². The third kappa shape index (κ3) is 4.94. The van der Waals surface area contributed by atoms with Crippen molar-refractivity contribution >= 4 is 16.8 Å². The van der Waals surface area contributed by atoms with E-state index in [9.17, 15) is 4.79 Å². The van der Waals surface area contributed by atoms with Crippen LogP contribution in [0.25, 0.3) is 22.3 Å². The average Bonchev–Trinajstić information content (AvgIpc) is 2.88. The van der Waals surface area contributed by atoms with E-state index in [1.165, 1.54) is 30.4 Å². The minimum atomic E-state index is -0.0986. The number of nitrogens with zero attached hydrogens (tertiary/aromatic N) is 3. The van der Waals surface area contributed by atoms with Crippen LogP contribution in [-0.4, -0.2) is 33.9 Å². The third-order valence-corrected chi connectivity index (χ3v) is 6.29. The molecule has 0 bridgehead atoms. The minimum Gasteiger partial charge on any atom is -0.348 e. The smallest absolute Gasteiger partial charge is 0.252 e. The Kier molecular flexibility index (Phi) is 6.40. The second kappa shape index (κ2) is 9.92. The van der Waals surface area contributed by atoms with Crippen molar-refractivity contribution in [3.63, 3.8) is 0 Å². The number of carbonyl (C=O) groups excluding carboxylic acids is 1. The van der Waals surface area contributed by atoms with Crippen molar-refractivity contribution in [3.8, 4) is 11.4 Å². The molecule has 1 saturated heterocycles. The van der Waals surface area contributed by atoms with Gasteiger partial charge in [0.1, 0.15) is 0 Å². The number of nitrogens with one attached hydrogen (secondary N) is 1. The summed E-state index contributed by atoms with van der Waals surface area (Å²) in [6.07, 6.45) is 5.61. The molecular weight excluding hydrogens is 408 g/mol. The number of carbonyl (C=O) groups is 1. The maximum atomic E-state index is 13.3. The van der Waals surface area contributed by atoms with Gasteiger partial charge in [-0.2, -0.15) is 0 Å². The van der Waals surface area contributed by atoms with Gasteiger partial charge in [0.05, 0.1) is 22.5 Å². The molecule has 1 amide bonds. The fourth-order valence-corrected chi connectivity index (χ4v) is 4.52. The molecule has 0 spiro atoms. The first-order chi connectivity index (χ1) is 16.3. The van der Waals surface area contributed by atoms with Gasteiger partial charge in [-0.1, -0.05) is 55.0 Å². The van der Waals surface area contributed by atoms with E-state index < -0.39 is 0 Å². The molecule has 1 aliphatic heterocycles. The van der Waals surface area contributed by atoms with Crippen molar-refractivity contribution in [2.24, 2.45) is 0 Å². The zero-order valence-corrected chi connectivity index (χ0v) is 18.7. The molecule has 5 nitrogen and oxygen atoms in total. The molecule has 0 saturated carbocycles. The normalized spacial score (nSPS) is 14.3. The Hall–Kier alpha value is -3.57. The first kappa shape index (κ1) is 21.3. The van der Waals surface area contributed by atoms with Gasteiger partial charge >= 0.3 is 0 Å². The van der Waals surface area contributed by atoms with Crippen LogP contribution < -0.4 is 5.32 Å². The lowest BCUT2D eigenvalue weighted by Crippen LogP contribution is -2.30. The summed E-state index contributed by atoms with van der Waals surface area (Å²) in [5.41, 5.74) is 5.31.